The average molecular weight is 221 g/mol. The van der Waals surface area contributed by atoms with Gasteiger partial charge >= 0.3 is 0 Å². The monoisotopic (exact) mass is 221 g/mol. The molecule has 4 heteroatoms. The zero-order chi connectivity index (χ0) is 11.5. The van der Waals surface area contributed by atoms with Gasteiger partial charge < -0.3 is 9.64 Å². The predicted molar refractivity (Wildman–Crippen MR) is 63.7 cm³/mol. The first-order valence-corrected chi connectivity index (χ1v) is 5.80. The van der Waals surface area contributed by atoms with Crippen molar-refractivity contribution in [3.63, 3.8) is 0 Å². The standard InChI is InChI=1S/C12H19N3O/c1-9(2)11-6-13-7-12(14-11)15-5-4-10(8-15)16-3/h6-7,9-10H,4-5,8H2,1-3H3/t10-/m1/s1. The Morgan fingerprint density at radius 3 is 2.88 bits per heavy atom. The zero-order valence-corrected chi connectivity index (χ0v) is 10.2. The molecular formula is C12H19N3O. The number of hydrogen-bond donors (Lipinski definition) is 0. The highest BCUT2D eigenvalue weighted by molar-refractivity contribution is 5.38. The molecule has 0 N–H and O–H groups in total. The van der Waals surface area contributed by atoms with Crippen LogP contribution in [-0.2, 0) is 4.74 Å². The first-order valence-electron chi connectivity index (χ1n) is 5.80. The van der Waals surface area contributed by atoms with Gasteiger partial charge in [-0.2, -0.15) is 0 Å². The predicted octanol–water partition coefficient (Wildman–Crippen LogP) is 1.83. The molecule has 88 valence electrons. The van der Waals surface area contributed by atoms with Gasteiger partial charge in [0.05, 0.1) is 18.0 Å². The normalized spacial score (nSPS) is 20.8. The highest BCUT2D eigenvalue weighted by Crippen LogP contribution is 2.20. The maximum Gasteiger partial charge on any atom is 0.147 e. The molecule has 1 aromatic rings. The Morgan fingerprint density at radius 1 is 1.44 bits per heavy atom. The van der Waals surface area contributed by atoms with Crippen molar-refractivity contribution in [2.24, 2.45) is 0 Å². The van der Waals surface area contributed by atoms with E-state index in [1.54, 1.807) is 7.11 Å². The molecule has 2 rings (SSSR count). The Kier molecular flexibility index (Phi) is 3.39. The Hall–Kier alpha value is -1.16. The van der Waals surface area contributed by atoms with Crippen molar-refractivity contribution in [2.45, 2.75) is 32.3 Å². The minimum Gasteiger partial charge on any atom is -0.380 e. The molecule has 0 aliphatic carbocycles. The van der Waals surface area contributed by atoms with Crippen molar-refractivity contribution in [3.8, 4) is 0 Å². The molecule has 0 aromatic carbocycles. The molecule has 2 heterocycles. The van der Waals surface area contributed by atoms with Gasteiger partial charge in [-0.1, -0.05) is 13.8 Å². The molecule has 1 fully saturated rings. The summed E-state index contributed by atoms with van der Waals surface area (Å²) in [5.41, 5.74) is 1.05. The van der Waals surface area contributed by atoms with Crippen LogP contribution in [0.1, 0.15) is 31.9 Å². The lowest BCUT2D eigenvalue weighted by Gasteiger charge is -2.17. The molecule has 1 aliphatic rings. The van der Waals surface area contributed by atoms with Gasteiger partial charge in [-0.15, -0.1) is 0 Å². The summed E-state index contributed by atoms with van der Waals surface area (Å²) in [6.07, 6.45) is 5.09. The van der Waals surface area contributed by atoms with E-state index < -0.39 is 0 Å². The number of aromatic nitrogens is 2. The average Bonchev–Trinajstić information content (AvgIpc) is 2.77. The Morgan fingerprint density at radius 2 is 2.25 bits per heavy atom. The number of nitrogens with zero attached hydrogens (tertiary/aromatic N) is 3. The number of ether oxygens (including phenoxy) is 1. The van der Waals surface area contributed by atoms with E-state index in [1.165, 1.54) is 0 Å². The van der Waals surface area contributed by atoms with Crippen molar-refractivity contribution in [1.29, 1.82) is 0 Å². The molecule has 1 aliphatic heterocycles. The minimum atomic E-state index is 0.338. The quantitative estimate of drug-likeness (QED) is 0.780. The minimum absolute atomic E-state index is 0.338. The second kappa shape index (κ2) is 4.78. The summed E-state index contributed by atoms with van der Waals surface area (Å²) in [4.78, 5) is 11.1. The van der Waals surface area contributed by atoms with Crippen LogP contribution in [-0.4, -0.2) is 36.3 Å². The lowest BCUT2D eigenvalue weighted by molar-refractivity contribution is 0.121. The maximum atomic E-state index is 5.35. The van der Waals surface area contributed by atoms with Crippen LogP contribution in [0, 0.1) is 0 Å². The molecule has 0 unspecified atom stereocenters. The molecule has 0 saturated carbocycles. The third kappa shape index (κ3) is 2.32. The van der Waals surface area contributed by atoms with E-state index in [2.05, 4.69) is 28.7 Å². The van der Waals surface area contributed by atoms with E-state index in [-0.39, 0.29) is 0 Å². The fraction of sp³-hybridized carbons (Fsp3) is 0.667. The molecule has 1 aromatic heterocycles. The van der Waals surface area contributed by atoms with Crippen LogP contribution in [0.3, 0.4) is 0 Å². The van der Waals surface area contributed by atoms with Crippen LogP contribution in [0.4, 0.5) is 5.82 Å². The number of methoxy groups -OCH3 is 1. The molecule has 1 saturated heterocycles. The van der Waals surface area contributed by atoms with E-state index in [4.69, 9.17) is 4.74 Å². The van der Waals surface area contributed by atoms with E-state index in [0.717, 1.165) is 31.0 Å². The van der Waals surface area contributed by atoms with Crippen LogP contribution in [0.2, 0.25) is 0 Å². The van der Waals surface area contributed by atoms with Crippen LogP contribution >= 0.6 is 0 Å². The highest BCUT2D eigenvalue weighted by Gasteiger charge is 2.23. The van der Waals surface area contributed by atoms with Crippen molar-refractivity contribution < 1.29 is 4.74 Å². The van der Waals surface area contributed by atoms with Gasteiger partial charge in [-0.25, -0.2) is 4.98 Å². The van der Waals surface area contributed by atoms with Gasteiger partial charge in [0, 0.05) is 26.4 Å². The smallest absolute Gasteiger partial charge is 0.147 e. The van der Waals surface area contributed by atoms with Crippen LogP contribution in [0.5, 0.6) is 0 Å². The molecule has 0 bridgehead atoms. The lowest BCUT2D eigenvalue weighted by Crippen LogP contribution is -2.23. The first-order chi connectivity index (χ1) is 7.70. The zero-order valence-electron chi connectivity index (χ0n) is 10.2. The molecule has 0 radical (unpaired) electrons. The maximum absolute atomic E-state index is 5.35. The summed E-state index contributed by atoms with van der Waals surface area (Å²) < 4.78 is 5.35. The van der Waals surface area contributed by atoms with Crippen molar-refractivity contribution in [1.82, 2.24) is 9.97 Å². The third-order valence-electron chi connectivity index (χ3n) is 3.03. The van der Waals surface area contributed by atoms with Gasteiger partial charge in [-0.3, -0.25) is 4.98 Å². The van der Waals surface area contributed by atoms with E-state index >= 15 is 0 Å². The summed E-state index contributed by atoms with van der Waals surface area (Å²) in [5, 5.41) is 0. The summed E-state index contributed by atoms with van der Waals surface area (Å²) in [7, 11) is 1.77. The molecule has 0 spiro atoms. The van der Waals surface area contributed by atoms with Crippen LogP contribution < -0.4 is 4.90 Å². The highest BCUT2D eigenvalue weighted by atomic mass is 16.5. The van der Waals surface area contributed by atoms with Gasteiger partial charge in [0.2, 0.25) is 0 Å². The number of rotatable bonds is 3. The summed E-state index contributed by atoms with van der Waals surface area (Å²) >= 11 is 0. The van der Waals surface area contributed by atoms with Crippen molar-refractivity contribution in [2.75, 3.05) is 25.1 Å². The number of anilines is 1. The van der Waals surface area contributed by atoms with E-state index in [0.29, 0.717) is 12.0 Å². The van der Waals surface area contributed by atoms with Gasteiger partial charge in [-0.05, 0) is 12.3 Å². The molecular weight excluding hydrogens is 202 g/mol. The Labute approximate surface area is 96.7 Å². The second-order valence-corrected chi connectivity index (χ2v) is 4.55. The van der Waals surface area contributed by atoms with E-state index in [9.17, 15) is 0 Å². The summed E-state index contributed by atoms with van der Waals surface area (Å²) in [6, 6.07) is 0. The molecule has 0 amide bonds. The molecule has 4 nitrogen and oxygen atoms in total. The molecule has 1 atom stereocenters. The lowest BCUT2D eigenvalue weighted by atomic mass is 10.1. The third-order valence-corrected chi connectivity index (χ3v) is 3.03. The number of hydrogen-bond acceptors (Lipinski definition) is 4. The summed E-state index contributed by atoms with van der Waals surface area (Å²) in [6.45, 7) is 6.20. The first kappa shape index (κ1) is 11.3. The van der Waals surface area contributed by atoms with Crippen molar-refractivity contribution >= 4 is 5.82 Å². The van der Waals surface area contributed by atoms with Gasteiger partial charge in [0.1, 0.15) is 5.82 Å². The topological polar surface area (TPSA) is 38.2 Å². The van der Waals surface area contributed by atoms with Crippen molar-refractivity contribution in [3.05, 3.63) is 18.1 Å². The van der Waals surface area contributed by atoms with Gasteiger partial charge in [0.15, 0.2) is 0 Å². The fourth-order valence-electron chi connectivity index (χ4n) is 1.93. The van der Waals surface area contributed by atoms with Crippen LogP contribution in [0.25, 0.3) is 0 Å². The van der Waals surface area contributed by atoms with Crippen LogP contribution in [0.15, 0.2) is 12.4 Å². The Balaban J connectivity index is 2.12. The van der Waals surface area contributed by atoms with Gasteiger partial charge in [0.25, 0.3) is 0 Å². The second-order valence-electron chi connectivity index (χ2n) is 4.55. The fourth-order valence-corrected chi connectivity index (χ4v) is 1.93. The summed E-state index contributed by atoms with van der Waals surface area (Å²) in [5.74, 6) is 1.40. The Bertz CT molecular complexity index is 354. The molecule has 16 heavy (non-hydrogen) atoms. The largest absolute Gasteiger partial charge is 0.380 e. The van der Waals surface area contributed by atoms with E-state index in [1.807, 2.05) is 12.4 Å². The SMILES string of the molecule is CO[C@@H]1CCN(c2cncc(C(C)C)n2)C1.